The number of nitrogens with zero attached hydrogens (tertiary/aromatic N) is 2. The molecule has 2 rings (SSSR count). The zero-order chi connectivity index (χ0) is 13.8. The molecule has 0 bridgehead atoms. The van der Waals surface area contributed by atoms with E-state index in [1.54, 1.807) is 7.11 Å². The van der Waals surface area contributed by atoms with Crippen molar-refractivity contribution >= 4 is 0 Å². The molecule has 0 fully saturated rings. The number of methoxy groups -OCH3 is 1. The van der Waals surface area contributed by atoms with Gasteiger partial charge in [0.2, 0.25) is 0 Å². The molecule has 0 radical (unpaired) electrons. The van der Waals surface area contributed by atoms with E-state index in [4.69, 9.17) is 10.6 Å². The fourth-order valence-electron chi connectivity index (χ4n) is 2.16. The average molecular weight is 260 g/mol. The number of aromatic nitrogens is 2. The number of rotatable bonds is 5. The molecule has 2 aromatic rings. The molecule has 1 atom stereocenters. The number of hydrogen-bond acceptors (Lipinski definition) is 4. The minimum atomic E-state index is -0.104. The maximum atomic E-state index is 5.72. The van der Waals surface area contributed by atoms with Crippen LogP contribution in [0.2, 0.25) is 0 Å². The normalized spacial score (nSPS) is 12.4. The second-order valence-electron chi connectivity index (χ2n) is 4.41. The summed E-state index contributed by atoms with van der Waals surface area (Å²) in [6.07, 6.45) is 0.906. The molecule has 1 aromatic carbocycles. The van der Waals surface area contributed by atoms with E-state index in [-0.39, 0.29) is 6.04 Å². The van der Waals surface area contributed by atoms with Gasteiger partial charge >= 0.3 is 0 Å². The molecular formula is C14H20N4O. The van der Waals surface area contributed by atoms with Crippen molar-refractivity contribution in [2.24, 2.45) is 12.9 Å². The first-order valence-corrected chi connectivity index (χ1v) is 6.32. The molecule has 5 nitrogen and oxygen atoms in total. The lowest BCUT2D eigenvalue weighted by Crippen LogP contribution is -2.30. The summed E-state index contributed by atoms with van der Waals surface area (Å²) in [4.78, 5) is 0. The molecule has 0 aliphatic heterocycles. The molecule has 0 saturated carbocycles. The Bertz CT molecular complexity index is 550. The summed E-state index contributed by atoms with van der Waals surface area (Å²) in [7, 11) is 3.59. The van der Waals surface area contributed by atoms with Gasteiger partial charge in [0.15, 0.2) is 0 Å². The lowest BCUT2D eigenvalue weighted by Gasteiger charge is -2.17. The highest BCUT2D eigenvalue weighted by atomic mass is 16.5. The standard InChI is InChI=1S/C14H20N4O/c1-4-11-9-13(18(2)17-11)14(16-15)10-6-5-7-12(8-10)19-3/h5-9,14,16H,4,15H2,1-3H3. The molecule has 5 heteroatoms. The van der Waals surface area contributed by atoms with Crippen LogP contribution in [0.25, 0.3) is 0 Å². The van der Waals surface area contributed by atoms with Crippen LogP contribution in [0.5, 0.6) is 5.75 Å². The molecule has 1 unspecified atom stereocenters. The minimum Gasteiger partial charge on any atom is -0.497 e. The first-order valence-electron chi connectivity index (χ1n) is 6.32. The van der Waals surface area contributed by atoms with Crippen LogP contribution in [0.1, 0.15) is 29.9 Å². The summed E-state index contributed by atoms with van der Waals surface area (Å²) in [6, 6.07) is 9.83. The van der Waals surface area contributed by atoms with Crippen LogP contribution < -0.4 is 16.0 Å². The van der Waals surface area contributed by atoms with Crippen molar-refractivity contribution in [3.05, 3.63) is 47.3 Å². The van der Waals surface area contributed by atoms with Crippen molar-refractivity contribution in [2.45, 2.75) is 19.4 Å². The van der Waals surface area contributed by atoms with Gasteiger partial charge in [-0.3, -0.25) is 10.5 Å². The molecular weight excluding hydrogens is 240 g/mol. The maximum absolute atomic E-state index is 5.72. The Labute approximate surface area is 113 Å². The lowest BCUT2D eigenvalue weighted by atomic mass is 10.0. The number of ether oxygens (including phenoxy) is 1. The van der Waals surface area contributed by atoms with Crippen molar-refractivity contribution in [3.63, 3.8) is 0 Å². The number of nitrogens with two attached hydrogens (primary N) is 1. The van der Waals surface area contributed by atoms with Gasteiger partial charge in [-0.2, -0.15) is 5.10 Å². The topological polar surface area (TPSA) is 65.1 Å². The second-order valence-corrected chi connectivity index (χ2v) is 4.41. The SMILES string of the molecule is CCc1cc(C(NN)c2cccc(OC)c2)n(C)n1. The highest BCUT2D eigenvalue weighted by molar-refractivity contribution is 5.35. The van der Waals surface area contributed by atoms with E-state index in [1.165, 1.54) is 0 Å². The van der Waals surface area contributed by atoms with E-state index in [0.29, 0.717) is 0 Å². The van der Waals surface area contributed by atoms with E-state index < -0.39 is 0 Å². The lowest BCUT2D eigenvalue weighted by molar-refractivity contribution is 0.413. The van der Waals surface area contributed by atoms with Crippen molar-refractivity contribution in [1.29, 1.82) is 0 Å². The molecule has 0 aliphatic carbocycles. The highest BCUT2D eigenvalue weighted by Crippen LogP contribution is 2.24. The predicted molar refractivity (Wildman–Crippen MR) is 74.7 cm³/mol. The van der Waals surface area contributed by atoms with Crippen LogP contribution in [0.3, 0.4) is 0 Å². The fraction of sp³-hybridized carbons (Fsp3) is 0.357. The smallest absolute Gasteiger partial charge is 0.119 e. The Kier molecular flexibility index (Phi) is 4.19. The van der Waals surface area contributed by atoms with E-state index in [0.717, 1.165) is 29.1 Å². The molecule has 0 spiro atoms. The summed E-state index contributed by atoms with van der Waals surface area (Å²) < 4.78 is 7.11. The molecule has 1 aromatic heterocycles. The number of hydrazine groups is 1. The monoisotopic (exact) mass is 260 g/mol. The van der Waals surface area contributed by atoms with E-state index >= 15 is 0 Å². The van der Waals surface area contributed by atoms with Gasteiger partial charge in [-0.25, -0.2) is 5.43 Å². The van der Waals surface area contributed by atoms with Gasteiger partial charge in [0, 0.05) is 7.05 Å². The van der Waals surface area contributed by atoms with E-state index in [1.807, 2.05) is 36.0 Å². The van der Waals surface area contributed by atoms with Crippen LogP contribution in [0.15, 0.2) is 30.3 Å². The van der Waals surface area contributed by atoms with Gasteiger partial charge < -0.3 is 4.74 Å². The third kappa shape index (κ3) is 2.77. The molecule has 3 N–H and O–H groups in total. The summed E-state index contributed by atoms with van der Waals surface area (Å²) >= 11 is 0. The van der Waals surface area contributed by atoms with Crippen LogP contribution in [0.4, 0.5) is 0 Å². The van der Waals surface area contributed by atoms with Crippen LogP contribution in [-0.2, 0) is 13.5 Å². The minimum absolute atomic E-state index is 0.104. The first-order chi connectivity index (χ1) is 9.19. The second kappa shape index (κ2) is 5.86. The highest BCUT2D eigenvalue weighted by Gasteiger charge is 2.17. The third-order valence-corrected chi connectivity index (χ3v) is 3.22. The Hall–Kier alpha value is -1.85. The zero-order valence-electron chi connectivity index (χ0n) is 11.6. The summed E-state index contributed by atoms with van der Waals surface area (Å²) in [6.45, 7) is 2.09. The molecule has 0 aliphatic rings. The number of hydrogen-bond donors (Lipinski definition) is 2. The molecule has 102 valence electrons. The maximum Gasteiger partial charge on any atom is 0.119 e. The van der Waals surface area contributed by atoms with E-state index in [9.17, 15) is 0 Å². The van der Waals surface area contributed by atoms with E-state index in [2.05, 4.69) is 23.5 Å². The number of benzene rings is 1. The van der Waals surface area contributed by atoms with Gasteiger partial charge in [0.25, 0.3) is 0 Å². The van der Waals surface area contributed by atoms with Gasteiger partial charge in [0.1, 0.15) is 5.75 Å². The van der Waals surface area contributed by atoms with Gasteiger partial charge in [0.05, 0.1) is 24.5 Å². The predicted octanol–water partition coefficient (Wildman–Crippen LogP) is 1.54. The zero-order valence-corrected chi connectivity index (χ0v) is 11.6. The van der Waals surface area contributed by atoms with Gasteiger partial charge in [-0.15, -0.1) is 0 Å². The molecule has 19 heavy (non-hydrogen) atoms. The largest absolute Gasteiger partial charge is 0.497 e. The van der Waals surface area contributed by atoms with Crippen LogP contribution >= 0.6 is 0 Å². The summed E-state index contributed by atoms with van der Waals surface area (Å²) in [5.74, 6) is 6.53. The van der Waals surface area contributed by atoms with Gasteiger partial charge in [-0.05, 0) is 30.2 Å². The quantitative estimate of drug-likeness (QED) is 0.632. The fourth-order valence-corrected chi connectivity index (χ4v) is 2.16. The van der Waals surface area contributed by atoms with Crippen molar-refractivity contribution in [2.75, 3.05) is 7.11 Å². The Balaban J connectivity index is 2.40. The number of aryl methyl sites for hydroxylation is 2. The van der Waals surface area contributed by atoms with Crippen molar-refractivity contribution in [3.8, 4) is 5.75 Å². The van der Waals surface area contributed by atoms with Crippen LogP contribution in [-0.4, -0.2) is 16.9 Å². The van der Waals surface area contributed by atoms with Gasteiger partial charge in [-0.1, -0.05) is 19.1 Å². The molecule has 1 heterocycles. The summed E-state index contributed by atoms with van der Waals surface area (Å²) in [5, 5.41) is 4.46. The molecule has 0 amide bonds. The average Bonchev–Trinajstić information content (AvgIpc) is 2.81. The molecule has 0 saturated heterocycles. The Morgan fingerprint density at radius 1 is 1.42 bits per heavy atom. The Morgan fingerprint density at radius 2 is 2.21 bits per heavy atom. The van der Waals surface area contributed by atoms with Crippen molar-refractivity contribution in [1.82, 2.24) is 15.2 Å². The Morgan fingerprint density at radius 3 is 2.79 bits per heavy atom. The van der Waals surface area contributed by atoms with Crippen molar-refractivity contribution < 1.29 is 4.74 Å². The third-order valence-electron chi connectivity index (χ3n) is 3.22. The summed E-state index contributed by atoms with van der Waals surface area (Å²) in [5.41, 5.74) is 5.99. The number of nitrogens with one attached hydrogen (secondary N) is 1. The first kappa shape index (κ1) is 13.6. The van der Waals surface area contributed by atoms with Crippen LogP contribution in [0, 0.1) is 0 Å².